The van der Waals surface area contributed by atoms with Crippen molar-refractivity contribution in [2.24, 2.45) is 16.3 Å². The van der Waals surface area contributed by atoms with E-state index in [0.717, 1.165) is 18.5 Å². The summed E-state index contributed by atoms with van der Waals surface area (Å²) in [6, 6.07) is 0.721. The first-order chi connectivity index (χ1) is 8.04. The molecule has 0 radical (unpaired) electrons. The normalized spacial score (nSPS) is 32.1. The second-order valence-corrected chi connectivity index (χ2v) is 7.61. The number of aliphatic imine (C=N–C) groups is 1. The minimum atomic E-state index is 0.400. The van der Waals surface area contributed by atoms with E-state index in [4.69, 9.17) is 4.99 Å². The first-order valence-corrected chi connectivity index (χ1v) is 7.97. The Bertz CT molecular complexity index is 280. The average molecular weight is 254 g/mol. The smallest absolute Gasteiger partial charge is 0.156 e. The van der Waals surface area contributed by atoms with Crippen LogP contribution in [0.5, 0.6) is 0 Å². The van der Waals surface area contributed by atoms with Crippen LogP contribution in [0.1, 0.15) is 52.9 Å². The minimum Gasteiger partial charge on any atom is -0.362 e. The number of hydrogen-bond donors (Lipinski definition) is 1. The second-order valence-electron chi connectivity index (χ2n) is 6.60. The maximum Gasteiger partial charge on any atom is 0.156 e. The molecule has 2 unspecified atom stereocenters. The Kier molecular flexibility index (Phi) is 4.40. The van der Waals surface area contributed by atoms with Crippen LogP contribution >= 0.6 is 11.8 Å². The highest BCUT2D eigenvalue weighted by atomic mass is 32.2. The van der Waals surface area contributed by atoms with E-state index in [-0.39, 0.29) is 0 Å². The molecule has 2 nitrogen and oxygen atoms in total. The summed E-state index contributed by atoms with van der Waals surface area (Å²) >= 11 is 1.94. The van der Waals surface area contributed by atoms with Gasteiger partial charge in [-0.15, -0.1) is 0 Å². The molecule has 0 aromatic rings. The molecule has 1 saturated carbocycles. The van der Waals surface area contributed by atoms with Gasteiger partial charge in [-0.05, 0) is 30.6 Å². The Balaban J connectivity index is 1.81. The van der Waals surface area contributed by atoms with E-state index in [1.54, 1.807) is 0 Å². The third kappa shape index (κ3) is 4.20. The predicted octanol–water partition coefficient (Wildman–Crippen LogP) is 3.67. The van der Waals surface area contributed by atoms with Gasteiger partial charge in [-0.2, -0.15) is 0 Å². The third-order valence-corrected chi connectivity index (χ3v) is 4.88. The lowest BCUT2D eigenvalue weighted by molar-refractivity contribution is 0.310. The molecule has 3 heteroatoms. The summed E-state index contributed by atoms with van der Waals surface area (Å²) in [7, 11) is 0. The van der Waals surface area contributed by atoms with Crippen LogP contribution in [0.4, 0.5) is 0 Å². The lowest BCUT2D eigenvalue weighted by Crippen LogP contribution is -2.46. The van der Waals surface area contributed by atoms with E-state index in [1.807, 2.05) is 11.8 Å². The molecule has 0 bridgehead atoms. The van der Waals surface area contributed by atoms with Crippen LogP contribution in [-0.2, 0) is 0 Å². The van der Waals surface area contributed by atoms with Gasteiger partial charge in [0.25, 0.3) is 0 Å². The van der Waals surface area contributed by atoms with E-state index in [0.29, 0.717) is 5.41 Å². The standard InChI is InChI=1S/C14H26N2S/c1-14(2,3)8-9-15-13-16-12-7-5-4-6-11(12)10-17-13/h11-12H,4-10H2,1-3H3,(H,15,16). The van der Waals surface area contributed by atoms with Crippen molar-refractivity contribution in [3.8, 4) is 0 Å². The Morgan fingerprint density at radius 1 is 1.29 bits per heavy atom. The molecule has 1 aliphatic carbocycles. The zero-order valence-corrected chi connectivity index (χ0v) is 12.3. The Morgan fingerprint density at radius 3 is 2.82 bits per heavy atom. The molecule has 2 atom stereocenters. The summed E-state index contributed by atoms with van der Waals surface area (Å²) in [6.07, 6.45) is 6.77. The number of rotatable bonds is 2. The molecule has 0 aromatic carbocycles. The van der Waals surface area contributed by atoms with E-state index in [9.17, 15) is 0 Å². The van der Waals surface area contributed by atoms with E-state index < -0.39 is 0 Å². The molecule has 1 heterocycles. The molecule has 0 aromatic heterocycles. The van der Waals surface area contributed by atoms with Gasteiger partial charge in [0.1, 0.15) is 0 Å². The van der Waals surface area contributed by atoms with Gasteiger partial charge in [-0.25, -0.2) is 0 Å². The number of hydrogen-bond acceptors (Lipinski definition) is 2. The average Bonchev–Trinajstić information content (AvgIpc) is 2.27. The fourth-order valence-electron chi connectivity index (χ4n) is 2.57. The van der Waals surface area contributed by atoms with E-state index >= 15 is 0 Å². The van der Waals surface area contributed by atoms with Crippen molar-refractivity contribution in [2.75, 3.05) is 12.3 Å². The predicted molar refractivity (Wildman–Crippen MR) is 77.7 cm³/mol. The minimum absolute atomic E-state index is 0.400. The molecule has 2 fully saturated rings. The van der Waals surface area contributed by atoms with Gasteiger partial charge >= 0.3 is 0 Å². The van der Waals surface area contributed by atoms with E-state index in [2.05, 4.69) is 26.1 Å². The summed E-state index contributed by atoms with van der Waals surface area (Å²) in [4.78, 5) is 4.73. The zero-order chi connectivity index (χ0) is 12.3. The fourth-order valence-corrected chi connectivity index (χ4v) is 3.76. The molecule has 98 valence electrons. The first-order valence-electron chi connectivity index (χ1n) is 6.98. The number of amidine groups is 1. The topological polar surface area (TPSA) is 24.4 Å². The molecule has 1 saturated heterocycles. The van der Waals surface area contributed by atoms with Crippen LogP contribution in [0, 0.1) is 11.3 Å². The number of thioether (sulfide) groups is 1. The van der Waals surface area contributed by atoms with Crippen LogP contribution in [-0.4, -0.2) is 23.5 Å². The molecule has 2 rings (SSSR count). The highest BCUT2D eigenvalue weighted by Gasteiger charge is 2.30. The van der Waals surface area contributed by atoms with Gasteiger partial charge in [0, 0.05) is 18.3 Å². The van der Waals surface area contributed by atoms with Gasteiger partial charge in [0.15, 0.2) is 5.17 Å². The van der Waals surface area contributed by atoms with Crippen molar-refractivity contribution in [3.05, 3.63) is 0 Å². The highest BCUT2D eigenvalue weighted by Crippen LogP contribution is 2.31. The highest BCUT2D eigenvalue weighted by molar-refractivity contribution is 8.13. The quantitative estimate of drug-likeness (QED) is 0.813. The van der Waals surface area contributed by atoms with E-state index in [1.165, 1.54) is 43.0 Å². The van der Waals surface area contributed by atoms with Gasteiger partial charge in [0.05, 0.1) is 0 Å². The number of nitrogens with one attached hydrogen (secondary N) is 1. The second kappa shape index (κ2) is 5.64. The van der Waals surface area contributed by atoms with Gasteiger partial charge < -0.3 is 5.32 Å². The lowest BCUT2D eigenvalue weighted by atomic mass is 9.86. The number of fused-ring (bicyclic) bond motifs is 1. The van der Waals surface area contributed by atoms with Crippen molar-refractivity contribution < 1.29 is 0 Å². The van der Waals surface area contributed by atoms with Crippen LogP contribution in [0.25, 0.3) is 0 Å². The SMILES string of the molecule is CC(C)(C)CCN=C1NC2CCCCC2CS1. The molecule has 1 N–H and O–H groups in total. The Hall–Kier alpha value is -0.180. The molecular formula is C14H26N2S. The third-order valence-electron chi connectivity index (χ3n) is 3.77. The van der Waals surface area contributed by atoms with Gasteiger partial charge in [-0.3, -0.25) is 4.99 Å². The Morgan fingerprint density at radius 2 is 2.06 bits per heavy atom. The fraction of sp³-hybridized carbons (Fsp3) is 0.929. The molecule has 1 aliphatic heterocycles. The molecular weight excluding hydrogens is 228 g/mol. The van der Waals surface area contributed by atoms with Crippen molar-refractivity contribution in [1.29, 1.82) is 0 Å². The summed E-state index contributed by atoms with van der Waals surface area (Å²) in [5.41, 5.74) is 0.400. The molecule has 0 spiro atoms. The monoisotopic (exact) mass is 254 g/mol. The van der Waals surface area contributed by atoms with Crippen LogP contribution in [0.3, 0.4) is 0 Å². The lowest BCUT2D eigenvalue weighted by Gasteiger charge is -2.37. The molecule has 0 amide bonds. The first kappa shape index (κ1) is 13.3. The Labute approximate surface area is 110 Å². The summed E-state index contributed by atoms with van der Waals surface area (Å²) < 4.78 is 0. The number of nitrogens with zero attached hydrogens (tertiary/aromatic N) is 1. The van der Waals surface area contributed by atoms with Crippen LogP contribution < -0.4 is 5.32 Å². The summed E-state index contributed by atoms with van der Waals surface area (Å²) in [6.45, 7) is 7.82. The largest absolute Gasteiger partial charge is 0.362 e. The van der Waals surface area contributed by atoms with Gasteiger partial charge in [0.2, 0.25) is 0 Å². The summed E-state index contributed by atoms with van der Waals surface area (Å²) in [5.74, 6) is 2.18. The van der Waals surface area contributed by atoms with Crippen LogP contribution in [0.2, 0.25) is 0 Å². The van der Waals surface area contributed by atoms with Crippen molar-refractivity contribution >= 4 is 16.9 Å². The zero-order valence-electron chi connectivity index (χ0n) is 11.5. The summed E-state index contributed by atoms with van der Waals surface area (Å²) in [5, 5.41) is 4.86. The van der Waals surface area contributed by atoms with Crippen molar-refractivity contribution in [1.82, 2.24) is 5.32 Å². The molecule has 2 aliphatic rings. The molecule has 17 heavy (non-hydrogen) atoms. The van der Waals surface area contributed by atoms with Gasteiger partial charge in [-0.1, -0.05) is 45.4 Å². The van der Waals surface area contributed by atoms with Crippen molar-refractivity contribution in [3.63, 3.8) is 0 Å². The maximum absolute atomic E-state index is 4.73. The van der Waals surface area contributed by atoms with Crippen LogP contribution in [0.15, 0.2) is 4.99 Å². The van der Waals surface area contributed by atoms with Crippen molar-refractivity contribution in [2.45, 2.75) is 58.9 Å². The maximum atomic E-state index is 4.73.